The molecule has 0 aliphatic heterocycles. The molecule has 71 heavy (non-hydrogen) atoms. The average Bonchev–Trinajstić information content (AvgIpc) is 3.96. The maximum Gasteiger partial charge on any atom is 0.339 e. The summed E-state index contributed by atoms with van der Waals surface area (Å²) in [6, 6.07) is 18.3. The first kappa shape index (κ1) is 51.8. The van der Waals surface area contributed by atoms with Crippen LogP contribution in [0, 0.1) is 46.3 Å². The van der Waals surface area contributed by atoms with E-state index in [1.54, 1.807) is 48.5 Å². The summed E-state index contributed by atoms with van der Waals surface area (Å²) in [7, 11) is -3.99. The molecule has 12 nitrogen and oxygen atoms in total. The molecule has 2 heterocycles. The standard InChI is InChI=1S/C31H35NO6S2.C25H31NO4S/c1-31(2)21-16-20(10-6-3-4-9-13-28(33)34)29(26(31)17-21)32-30(35)25-19-39-27-15-14-22(18-24(25)27)38-40(36,37)23-11-7-5-8-12-23;1-25(2)16-11-15(7-5-3-4-6-8-22(28)29)23(20(25)12-16)26-24(30)19-14-31-21-10-9-17(27)13-18(19)21/h3,5-8,11-12,14-15,18-21,26,29H,4,9-10,13,16-17H2,1-2H3,(H,32,35)(H,33,34);3,5,9-10,13-16,20,23,27H,4,6-8,11-12H2,1-2H3,(H,26,30)(H,28,29)/b6-3-;5-3-/t20-,21-,26-,29+;15-,16-,20-,23+/m00/s1. The number of amides is 2. The molecule has 11 rings (SSSR count). The van der Waals surface area contributed by atoms with E-state index in [4.69, 9.17) is 14.4 Å². The Morgan fingerprint density at radius 1 is 0.662 bits per heavy atom. The highest BCUT2D eigenvalue weighted by Crippen LogP contribution is 2.62. The van der Waals surface area contributed by atoms with Gasteiger partial charge in [0.2, 0.25) is 0 Å². The monoisotopic (exact) mass is 1020 g/mol. The molecule has 2 aromatic heterocycles. The van der Waals surface area contributed by atoms with Crippen LogP contribution >= 0.6 is 22.7 Å². The molecule has 0 spiro atoms. The number of carboxylic acid groups (broad SMARTS) is 2. The van der Waals surface area contributed by atoms with Crippen LogP contribution < -0.4 is 14.8 Å². The Labute approximate surface area is 424 Å². The lowest BCUT2D eigenvalue weighted by Crippen LogP contribution is -2.63. The highest BCUT2D eigenvalue weighted by atomic mass is 32.2. The molecule has 6 aliphatic rings. The van der Waals surface area contributed by atoms with Gasteiger partial charge in [-0.2, -0.15) is 8.42 Å². The number of benzene rings is 3. The van der Waals surface area contributed by atoms with Crippen molar-refractivity contribution in [1.29, 1.82) is 0 Å². The van der Waals surface area contributed by atoms with E-state index in [0.717, 1.165) is 59.7 Å². The van der Waals surface area contributed by atoms with Crippen molar-refractivity contribution in [3.63, 3.8) is 0 Å². The van der Waals surface area contributed by atoms with Crippen LogP contribution in [0.5, 0.6) is 11.5 Å². The molecule has 6 fully saturated rings. The number of hydrogen-bond acceptors (Lipinski definition) is 10. The number of aliphatic carboxylic acids is 2. The minimum atomic E-state index is -3.99. The molecular formula is C56H66N2O10S3. The van der Waals surface area contributed by atoms with E-state index in [1.807, 2.05) is 16.8 Å². The second-order valence-electron chi connectivity index (χ2n) is 21.2. The van der Waals surface area contributed by atoms with Gasteiger partial charge in [-0.15, -0.1) is 22.7 Å². The van der Waals surface area contributed by atoms with Crippen LogP contribution in [-0.2, 0) is 19.7 Å². The fourth-order valence-corrected chi connectivity index (χ4v) is 14.7. The predicted octanol–water partition coefficient (Wildman–Crippen LogP) is 12.2. The van der Waals surface area contributed by atoms with Crippen molar-refractivity contribution < 1.29 is 47.1 Å². The van der Waals surface area contributed by atoms with Crippen LogP contribution in [-0.4, -0.2) is 59.6 Å². The molecule has 378 valence electrons. The summed E-state index contributed by atoms with van der Waals surface area (Å²) in [4.78, 5) is 48.4. The number of carbonyl (C=O) groups is 4. The van der Waals surface area contributed by atoms with Gasteiger partial charge in [0.25, 0.3) is 11.8 Å². The highest BCUT2D eigenvalue weighted by molar-refractivity contribution is 7.87. The number of nitrogens with one attached hydrogen (secondary N) is 2. The molecule has 8 atom stereocenters. The third-order valence-electron chi connectivity index (χ3n) is 16.3. The van der Waals surface area contributed by atoms with Crippen molar-refractivity contribution in [2.45, 2.75) is 122 Å². The number of aromatic hydroxyl groups is 1. The lowest BCUT2D eigenvalue weighted by atomic mass is 9.44. The average molecular weight is 1020 g/mol. The lowest BCUT2D eigenvalue weighted by Gasteiger charge is -2.62. The summed E-state index contributed by atoms with van der Waals surface area (Å²) in [5, 5.41) is 39.4. The second-order valence-corrected chi connectivity index (χ2v) is 24.6. The van der Waals surface area contributed by atoms with Crippen molar-refractivity contribution in [3.8, 4) is 11.5 Å². The summed E-state index contributed by atoms with van der Waals surface area (Å²) >= 11 is 2.97. The van der Waals surface area contributed by atoms with Gasteiger partial charge in [-0.3, -0.25) is 19.2 Å². The van der Waals surface area contributed by atoms with Gasteiger partial charge in [0.05, 0.1) is 11.1 Å². The SMILES string of the molecule is CC1(C)[C@H]2C[C@H](C/C=C\CCCC(=O)O)[C@@H](NC(=O)c3csc4ccc(O)cc34)[C@@H]1C2.CC1(C)[C@H]2C[C@H](C/C=C\CCCC(=O)O)[C@@H](NC(=O)c3csc4ccc(OS(=O)(=O)c5ccccc5)cc34)[C@@H]1C2. The number of fused-ring (bicyclic) bond motifs is 6. The zero-order chi connectivity index (χ0) is 50.7. The molecule has 0 saturated heterocycles. The van der Waals surface area contributed by atoms with Gasteiger partial charge in [0.15, 0.2) is 0 Å². The number of allylic oxidation sites excluding steroid dienone is 4. The van der Waals surface area contributed by atoms with E-state index >= 15 is 0 Å². The van der Waals surface area contributed by atoms with Gasteiger partial charge in [-0.25, -0.2) is 0 Å². The molecule has 0 unspecified atom stereocenters. The van der Waals surface area contributed by atoms with Crippen molar-refractivity contribution in [1.82, 2.24) is 10.6 Å². The van der Waals surface area contributed by atoms with Gasteiger partial charge >= 0.3 is 22.1 Å². The summed E-state index contributed by atoms with van der Waals surface area (Å²) in [6.45, 7) is 9.22. The Morgan fingerprint density at radius 2 is 1.14 bits per heavy atom. The molecular weight excluding hydrogens is 957 g/mol. The summed E-state index contributed by atoms with van der Waals surface area (Å²) < 4.78 is 32.8. The first-order valence-corrected chi connectivity index (χ1v) is 28.1. The van der Waals surface area contributed by atoms with E-state index in [1.165, 1.54) is 41.2 Å². The first-order chi connectivity index (χ1) is 33.8. The highest BCUT2D eigenvalue weighted by Gasteiger charge is 2.59. The Kier molecular flexibility index (Phi) is 15.8. The van der Waals surface area contributed by atoms with E-state index in [9.17, 15) is 32.7 Å². The maximum atomic E-state index is 13.7. The normalized spacial score (nSPS) is 24.9. The molecule has 6 aliphatic carbocycles. The quantitative estimate of drug-likeness (QED) is 0.0302. The van der Waals surface area contributed by atoms with Crippen LogP contribution in [0.2, 0.25) is 0 Å². The number of phenols is 1. The Hall–Kier alpha value is -5.51. The molecule has 5 N–H and O–H groups in total. The number of hydrogen-bond donors (Lipinski definition) is 5. The van der Waals surface area contributed by atoms with Crippen molar-refractivity contribution in [2.75, 3.05) is 0 Å². The molecule has 4 bridgehead atoms. The van der Waals surface area contributed by atoms with Crippen LogP contribution in [0.4, 0.5) is 0 Å². The molecule has 6 saturated carbocycles. The van der Waals surface area contributed by atoms with E-state index in [-0.39, 0.29) is 64.0 Å². The number of rotatable bonds is 19. The fourth-order valence-electron chi connectivity index (χ4n) is 11.9. The van der Waals surface area contributed by atoms with E-state index < -0.39 is 22.1 Å². The zero-order valence-electron chi connectivity index (χ0n) is 40.8. The van der Waals surface area contributed by atoms with Gasteiger partial charge in [-0.1, -0.05) is 70.2 Å². The van der Waals surface area contributed by atoms with E-state index in [2.05, 4.69) is 62.6 Å². The lowest BCUT2D eigenvalue weighted by molar-refractivity contribution is -0.138. The number of thiophene rings is 2. The summed E-state index contributed by atoms with van der Waals surface area (Å²) in [5.74, 6) is 1.52. The Bertz CT molecular complexity index is 2920. The van der Waals surface area contributed by atoms with Gasteiger partial charge < -0.3 is 30.1 Å². The predicted molar refractivity (Wildman–Crippen MR) is 280 cm³/mol. The third-order valence-corrected chi connectivity index (χ3v) is 19.5. The van der Waals surface area contributed by atoms with Crippen molar-refractivity contribution >= 4 is 76.7 Å². The third kappa shape index (κ3) is 11.6. The van der Waals surface area contributed by atoms with Crippen LogP contribution in [0.15, 0.2) is 107 Å². The minimum Gasteiger partial charge on any atom is -0.508 e. The molecule has 15 heteroatoms. The maximum absolute atomic E-state index is 13.7. The number of phenolic OH excluding ortho intramolecular Hbond substituents is 1. The van der Waals surface area contributed by atoms with Crippen LogP contribution in [0.1, 0.15) is 125 Å². The number of carbonyl (C=O) groups excluding carboxylic acids is 2. The smallest absolute Gasteiger partial charge is 0.339 e. The van der Waals surface area contributed by atoms with Crippen LogP contribution in [0.25, 0.3) is 20.2 Å². The second kappa shape index (κ2) is 21.7. The minimum absolute atomic E-state index is 0.0315. The summed E-state index contributed by atoms with van der Waals surface area (Å²) in [6.07, 6.45) is 17.8. The van der Waals surface area contributed by atoms with Gasteiger partial charge in [-0.05, 0) is 159 Å². The van der Waals surface area contributed by atoms with E-state index in [0.29, 0.717) is 64.9 Å². The fraction of sp³-hybridized carbons (Fsp3) is 0.464. The molecule has 0 radical (unpaired) electrons. The first-order valence-electron chi connectivity index (χ1n) is 24.9. The zero-order valence-corrected chi connectivity index (χ0v) is 43.3. The Balaban J connectivity index is 0.000000197. The van der Waals surface area contributed by atoms with Crippen LogP contribution in [0.3, 0.4) is 0 Å². The molecule has 5 aromatic rings. The van der Waals surface area contributed by atoms with Gasteiger partial charge in [0, 0.05) is 55.9 Å². The number of carboxylic acids is 2. The van der Waals surface area contributed by atoms with Crippen molar-refractivity contribution in [2.24, 2.45) is 46.3 Å². The largest absolute Gasteiger partial charge is 0.508 e. The summed E-state index contributed by atoms with van der Waals surface area (Å²) in [5.41, 5.74) is 1.57. The van der Waals surface area contributed by atoms with Crippen molar-refractivity contribution in [3.05, 3.63) is 113 Å². The molecule has 2 amide bonds. The molecule has 3 aromatic carbocycles. The number of unbranched alkanes of at least 4 members (excludes halogenated alkanes) is 2. The Morgan fingerprint density at radius 3 is 1.62 bits per heavy atom. The van der Waals surface area contributed by atoms with Gasteiger partial charge in [0.1, 0.15) is 16.4 Å². The topological polar surface area (TPSA) is 196 Å².